The molecule has 258 valence electrons. The van der Waals surface area contributed by atoms with Crippen LogP contribution in [-0.2, 0) is 28.8 Å². The first kappa shape index (κ1) is 33.6. The Bertz CT molecular complexity index is 1480. The molecule has 2 aromatic rings. The first-order valence-corrected chi connectivity index (χ1v) is 18.0. The molecule has 10 nitrogen and oxygen atoms in total. The zero-order chi connectivity index (χ0) is 33.3. The van der Waals surface area contributed by atoms with Crippen molar-refractivity contribution in [1.82, 2.24) is 10.2 Å². The van der Waals surface area contributed by atoms with Crippen LogP contribution in [0, 0.1) is 23.7 Å². The third-order valence-corrected chi connectivity index (χ3v) is 11.4. The number of rotatable bonds is 12. The minimum Gasteiger partial charge on any atom is -0.441 e. The van der Waals surface area contributed by atoms with Crippen molar-refractivity contribution < 1.29 is 33.6 Å². The molecule has 6 aliphatic rings. The van der Waals surface area contributed by atoms with Gasteiger partial charge < -0.3 is 19.7 Å². The lowest BCUT2D eigenvalue weighted by molar-refractivity contribution is -0.390. The summed E-state index contributed by atoms with van der Waals surface area (Å²) in [4.78, 5) is 52.8. The van der Waals surface area contributed by atoms with E-state index in [-0.39, 0.29) is 42.9 Å². The highest BCUT2D eigenvalue weighted by molar-refractivity contribution is 6.35. The van der Waals surface area contributed by atoms with Crippen LogP contribution in [-0.4, -0.2) is 54.0 Å². The van der Waals surface area contributed by atoms with Crippen molar-refractivity contribution in [2.75, 3.05) is 25.0 Å². The molecule has 3 amide bonds. The molecule has 1 spiro atoms. The van der Waals surface area contributed by atoms with E-state index in [4.69, 9.17) is 42.5 Å². The van der Waals surface area contributed by atoms with Crippen molar-refractivity contribution in [1.29, 1.82) is 0 Å². The molecule has 2 unspecified atom stereocenters. The van der Waals surface area contributed by atoms with Gasteiger partial charge in [0.1, 0.15) is 6.10 Å². The van der Waals surface area contributed by atoms with Gasteiger partial charge in [-0.2, -0.15) is 9.78 Å². The summed E-state index contributed by atoms with van der Waals surface area (Å²) in [5, 5.41) is 6.44. The highest BCUT2D eigenvalue weighted by Crippen LogP contribution is 2.63. The molecule has 2 aliphatic heterocycles. The summed E-state index contributed by atoms with van der Waals surface area (Å²) in [6.07, 6.45) is 6.49. The van der Waals surface area contributed by atoms with Gasteiger partial charge in [-0.1, -0.05) is 53.5 Å². The van der Waals surface area contributed by atoms with Crippen LogP contribution in [0.1, 0.15) is 82.3 Å². The van der Waals surface area contributed by atoms with Crippen LogP contribution in [0.15, 0.2) is 48.5 Å². The predicted molar refractivity (Wildman–Crippen MR) is 179 cm³/mol. The Morgan fingerprint density at radius 1 is 1.00 bits per heavy atom. The number of ether oxygens (including phenoxy) is 2. The number of amides is 3. The maximum absolute atomic E-state index is 13.3. The summed E-state index contributed by atoms with van der Waals surface area (Å²) < 4.78 is 13.1. The van der Waals surface area contributed by atoms with Gasteiger partial charge in [-0.05, 0) is 80.5 Å². The maximum atomic E-state index is 13.3. The van der Waals surface area contributed by atoms with E-state index >= 15 is 0 Å². The fraction of sp³-hybridized carbons (Fsp3) is 0.583. The number of nitrogens with one attached hydrogen (secondary N) is 2. The van der Waals surface area contributed by atoms with Crippen molar-refractivity contribution in [3.8, 4) is 0 Å². The minimum atomic E-state index is -1.34. The number of carbonyl (C=O) groups excluding carboxylic acids is 3. The standard InChI is InChI=1S/C36H43Cl2N3O7/c37-28-9-10-29(38)30(21-28)40-34(44)45-31(25-6-2-1-3-7-25)22-35(12-11-32(42)39-13-5-15-41-14-4-8-33(41)43)46-36(48-47-35)26-17-23-16-24(19-26)20-27(36)18-23/h1-3,6-7,9-10,21,23-24,26-27,31H,4-5,8,11-20,22H2,(H,39,42)(H,40,44). The summed E-state index contributed by atoms with van der Waals surface area (Å²) in [7, 11) is 0. The third kappa shape index (κ3) is 7.19. The highest BCUT2D eigenvalue weighted by atomic mass is 35.5. The Kier molecular flexibility index (Phi) is 9.91. The first-order valence-electron chi connectivity index (χ1n) is 17.3. The molecule has 2 saturated heterocycles. The minimum absolute atomic E-state index is 0.103. The lowest BCUT2D eigenvalue weighted by Gasteiger charge is -2.57. The number of benzene rings is 2. The summed E-state index contributed by atoms with van der Waals surface area (Å²) in [6.45, 7) is 1.88. The van der Waals surface area contributed by atoms with Gasteiger partial charge in [-0.15, -0.1) is 0 Å². The molecular weight excluding hydrogens is 657 g/mol. The van der Waals surface area contributed by atoms with Crippen LogP contribution in [0.25, 0.3) is 0 Å². The number of hydrogen-bond acceptors (Lipinski definition) is 7. The first-order chi connectivity index (χ1) is 23.2. The van der Waals surface area contributed by atoms with Gasteiger partial charge in [0, 0.05) is 62.2 Å². The number of halogens is 2. The average Bonchev–Trinajstić information content (AvgIpc) is 3.66. The molecule has 4 bridgehead atoms. The number of carbonyl (C=O) groups is 3. The number of likely N-dealkylation sites (tertiary alicyclic amines) is 1. The molecule has 48 heavy (non-hydrogen) atoms. The molecule has 12 heteroatoms. The SMILES string of the molecule is O=C(CCC1(CC(OC(=O)Nc2cc(Cl)ccc2Cl)c2ccccc2)OOC2(O1)C1CC3CC(C1)CC2C3)NCCCN1CCCC1=O. The molecule has 6 fully saturated rings. The van der Waals surface area contributed by atoms with Gasteiger partial charge in [0.15, 0.2) is 0 Å². The quantitative estimate of drug-likeness (QED) is 0.175. The van der Waals surface area contributed by atoms with Crippen LogP contribution in [0.5, 0.6) is 0 Å². The van der Waals surface area contributed by atoms with Gasteiger partial charge in [-0.25, -0.2) is 4.79 Å². The van der Waals surface area contributed by atoms with Crippen LogP contribution in [0.4, 0.5) is 10.5 Å². The van der Waals surface area contributed by atoms with Crippen molar-refractivity contribution in [2.45, 2.75) is 88.3 Å². The molecule has 8 rings (SSSR count). The monoisotopic (exact) mass is 699 g/mol. The molecule has 2 heterocycles. The van der Waals surface area contributed by atoms with E-state index in [1.165, 1.54) is 6.42 Å². The summed E-state index contributed by atoms with van der Waals surface area (Å²) in [5.74, 6) is -0.409. The fourth-order valence-corrected chi connectivity index (χ4v) is 9.09. The smallest absolute Gasteiger partial charge is 0.412 e. The van der Waals surface area contributed by atoms with Crippen LogP contribution >= 0.6 is 23.2 Å². The zero-order valence-corrected chi connectivity index (χ0v) is 28.5. The molecule has 0 aromatic heterocycles. The summed E-state index contributed by atoms with van der Waals surface area (Å²) in [5.41, 5.74) is 1.06. The van der Waals surface area contributed by atoms with E-state index in [1.54, 1.807) is 18.2 Å². The number of hydrogen-bond donors (Lipinski definition) is 2. The summed E-state index contributed by atoms with van der Waals surface area (Å²) >= 11 is 12.5. The van der Waals surface area contributed by atoms with E-state index in [2.05, 4.69) is 10.6 Å². The maximum Gasteiger partial charge on any atom is 0.412 e. The third-order valence-electron chi connectivity index (χ3n) is 10.9. The zero-order valence-electron chi connectivity index (χ0n) is 27.0. The van der Waals surface area contributed by atoms with Crippen molar-refractivity contribution in [2.24, 2.45) is 23.7 Å². The van der Waals surface area contributed by atoms with Crippen LogP contribution in [0.3, 0.4) is 0 Å². The van der Waals surface area contributed by atoms with E-state index < -0.39 is 23.8 Å². The predicted octanol–water partition coefficient (Wildman–Crippen LogP) is 7.41. The van der Waals surface area contributed by atoms with Gasteiger partial charge in [0.25, 0.3) is 0 Å². The fourth-order valence-electron chi connectivity index (χ4n) is 8.75. The topological polar surface area (TPSA) is 115 Å². The normalized spacial score (nSPS) is 31.0. The van der Waals surface area contributed by atoms with Crippen LogP contribution < -0.4 is 10.6 Å². The molecule has 2 aromatic carbocycles. The number of nitrogens with zero attached hydrogens (tertiary/aromatic N) is 1. The largest absolute Gasteiger partial charge is 0.441 e. The molecule has 4 aliphatic carbocycles. The Labute approximate surface area is 291 Å². The van der Waals surface area contributed by atoms with E-state index in [0.29, 0.717) is 53.5 Å². The highest BCUT2D eigenvalue weighted by Gasteiger charge is 2.67. The Hall–Kier alpha value is -2.89. The van der Waals surface area contributed by atoms with Crippen molar-refractivity contribution in [3.05, 3.63) is 64.1 Å². The van der Waals surface area contributed by atoms with Gasteiger partial charge in [0.05, 0.1) is 10.7 Å². The van der Waals surface area contributed by atoms with Crippen molar-refractivity contribution in [3.63, 3.8) is 0 Å². The lowest BCUT2D eigenvalue weighted by Crippen LogP contribution is -2.59. The molecule has 4 saturated carbocycles. The Balaban J connectivity index is 1.08. The second-order valence-corrected chi connectivity index (χ2v) is 15.0. The summed E-state index contributed by atoms with van der Waals surface area (Å²) in [6, 6.07) is 14.2. The van der Waals surface area contributed by atoms with E-state index in [0.717, 1.165) is 44.2 Å². The van der Waals surface area contributed by atoms with E-state index in [1.807, 2.05) is 35.2 Å². The second kappa shape index (κ2) is 14.2. The molecule has 2 atom stereocenters. The lowest BCUT2D eigenvalue weighted by atomic mass is 9.53. The molecule has 0 radical (unpaired) electrons. The van der Waals surface area contributed by atoms with Gasteiger partial charge >= 0.3 is 6.09 Å². The average molecular weight is 701 g/mol. The van der Waals surface area contributed by atoms with Gasteiger partial charge in [-0.3, -0.25) is 14.9 Å². The van der Waals surface area contributed by atoms with Crippen LogP contribution in [0.2, 0.25) is 10.0 Å². The van der Waals surface area contributed by atoms with Gasteiger partial charge in [0.2, 0.25) is 23.4 Å². The second-order valence-electron chi connectivity index (χ2n) is 14.2. The van der Waals surface area contributed by atoms with Crippen molar-refractivity contribution >= 4 is 46.8 Å². The number of anilines is 1. The van der Waals surface area contributed by atoms with E-state index in [9.17, 15) is 14.4 Å². The molecule has 2 N–H and O–H groups in total. The molecular formula is C36H43Cl2N3O7. The Morgan fingerprint density at radius 2 is 1.75 bits per heavy atom. The Morgan fingerprint density at radius 3 is 2.46 bits per heavy atom.